The molecule has 6 rings (SSSR count). The summed E-state index contributed by atoms with van der Waals surface area (Å²) in [6, 6.07) is 23.6. The third-order valence-electron chi connectivity index (χ3n) is 6.75. The fraction of sp³-hybridized carbons (Fsp3) is 0.241. The quantitative estimate of drug-likeness (QED) is 0.281. The van der Waals surface area contributed by atoms with Crippen LogP contribution in [-0.4, -0.2) is 9.97 Å². The molecule has 158 valence electrons. The van der Waals surface area contributed by atoms with Gasteiger partial charge in [0, 0.05) is 21.8 Å². The molecule has 0 amide bonds. The van der Waals surface area contributed by atoms with Crippen LogP contribution in [0.1, 0.15) is 51.6 Å². The van der Waals surface area contributed by atoms with Crippen LogP contribution in [0, 0.1) is 0 Å². The molecule has 3 nitrogen and oxygen atoms in total. The predicted molar refractivity (Wildman–Crippen MR) is 131 cm³/mol. The van der Waals surface area contributed by atoms with E-state index >= 15 is 0 Å². The number of hydrogen-bond acceptors (Lipinski definition) is 3. The first-order valence-electron chi connectivity index (χ1n) is 11.2. The molecule has 0 saturated heterocycles. The Morgan fingerprint density at radius 2 is 1.50 bits per heavy atom. The number of fused-ring (bicyclic) bond motifs is 6. The number of nitrogens with zero attached hydrogens (tertiary/aromatic N) is 2. The van der Waals surface area contributed by atoms with Crippen molar-refractivity contribution in [1.29, 1.82) is 0 Å². The molecule has 3 aromatic carbocycles. The van der Waals surface area contributed by atoms with Crippen molar-refractivity contribution >= 4 is 22.1 Å². The molecule has 1 aliphatic rings. The fourth-order valence-corrected chi connectivity index (χ4v) is 4.97. The van der Waals surface area contributed by atoms with Crippen molar-refractivity contribution in [2.24, 2.45) is 0 Å². The number of benzene rings is 3. The SMILES string of the molecule is CC(C)(C)c1nc(-c2ccc3c(c2)C(C)(C)c2ccccc2-3)c2oc3ccccc3c2n1. The molecule has 0 bridgehead atoms. The topological polar surface area (TPSA) is 38.9 Å². The minimum atomic E-state index is -0.173. The molecular formula is C29H26N2O. The van der Waals surface area contributed by atoms with Crippen LogP contribution in [0.2, 0.25) is 0 Å². The maximum absolute atomic E-state index is 6.31. The van der Waals surface area contributed by atoms with Crippen LogP contribution in [0.15, 0.2) is 71.1 Å². The first-order chi connectivity index (χ1) is 15.2. The molecule has 0 unspecified atom stereocenters. The standard InChI is InChI=1S/C29H26N2O/c1-28(2,3)27-30-24(26-25(31-27)20-11-7-9-13-23(20)32-26)17-14-15-19-18-10-6-8-12-21(18)29(4,5)22(19)16-17/h6-16H,1-5H3. The summed E-state index contributed by atoms with van der Waals surface area (Å²) < 4.78 is 6.31. The third-order valence-corrected chi connectivity index (χ3v) is 6.75. The first kappa shape index (κ1) is 19.2. The van der Waals surface area contributed by atoms with Gasteiger partial charge in [-0.1, -0.05) is 83.1 Å². The maximum atomic E-state index is 6.31. The molecule has 0 aliphatic heterocycles. The lowest BCUT2D eigenvalue weighted by Crippen LogP contribution is -2.17. The summed E-state index contributed by atoms with van der Waals surface area (Å²) in [5, 5.41) is 1.03. The third kappa shape index (κ3) is 2.60. The molecule has 0 radical (unpaired) electrons. The van der Waals surface area contributed by atoms with Gasteiger partial charge in [0.15, 0.2) is 5.58 Å². The molecule has 0 fully saturated rings. The highest BCUT2D eigenvalue weighted by molar-refractivity contribution is 6.06. The highest BCUT2D eigenvalue weighted by Gasteiger charge is 2.35. The second-order valence-corrected chi connectivity index (χ2v) is 10.4. The molecule has 32 heavy (non-hydrogen) atoms. The van der Waals surface area contributed by atoms with Crippen LogP contribution in [0.4, 0.5) is 0 Å². The van der Waals surface area contributed by atoms with Gasteiger partial charge in [0.1, 0.15) is 22.6 Å². The van der Waals surface area contributed by atoms with Crippen LogP contribution in [-0.2, 0) is 10.8 Å². The lowest BCUT2D eigenvalue weighted by molar-refractivity contribution is 0.547. The Kier molecular flexibility index (Phi) is 3.78. The van der Waals surface area contributed by atoms with Gasteiger partial charge < -0.3 is 4.42 Å². The van der Waals surface area contributed by atoms with Gasteiger partial charge in [0.2, 0.25) is 0 Å². The minimum absolute atomic E-state index is 0.0607. The zero-order valence-electron chi connectivity index (χ0n) is 19.2. The van der Waals surface area contributed by atoms with E-state index in [1.807, 2.05) is 18.2 Å². The Labute approximate surface area is 188 Å². The van der Waals surface area contributed by atoms with Crippen molar-refractivity contribution in [3.05, 3.63) is 83.7 Å². The van der Waals surface area contributed by atoms with Crippen LogP contribution in [0.25, 0.3) is 44.5 Å². The van der Waals surface area contributed by atoms with Gasteiger partial charge in [-0.3, -0.25) is 0 Å². The van der Waals surface area contributed by atoms with E-state index in [9.17, 15) is 0 Å². The van der Waals surface area contributed by atoms with E-state index in [2.05, 4.69) is 83.1 Å². The smallest absolute Gasteiger partial charge is 0.180 e. The average molecular weight is 419 g/mol. The number of aromatic nitrogens is 2. The van der Waals surface area contributed by atoms with Crippen LogP contribution in [0.5, 0.6) is 0 Å². The van der Waals surface area contributed by atoms with E-state index < -0.39 is 0 Å². The highest BCUT2D eigenvalue weighted by atomic mass is 16.3. The second kappa shape index (κ2) is 6.29. The summed E-state index contributed by atoms with van der Waals surface area (Å²) in [7, 11) is 0. The number of rotatable bonds is 1. The van der Waals surface area contributed by atoms with E-state index in [-0.39, 0.29) is 10.8 Å². The highest BCUT2D eigenvalue weighted by Crippen LogP contribution is 2.49. The van der Waals surface area contributed by atoms with Gasteiger partial charge >= 0.3 is 0 Å². The van der Waals surface area contributed by atoms with Crippen molar-refractivity contribution in [3.8, 4) is 22.4 Å². The summed E-state index contributed by atoms with van der Waals surface area (Å²) in [6.07, 6.45) is 0. The van der Waals surface area contributed by atoms with Crippen molar-refractivity contribution in [2.75, 3.05) is 0 Å². The Hall–Kier alpha value is -3.46. The Morgan fingerprint density at radius 3 is 2.31 bits per heavy atom. The number of furan rings is 1. The van der Waals surface area contributed by atoms with Crippen molar-refractivity contribution in [3.63, 3.8) is 0 Å². The van der Waals surface area contributed by atoms with E-state index in [4.69, 9.17) is 14.4 Å². The monoisotopic (exact) mass is 418 g/mol. The zero-order chi connectivity index (χ0) is 22.3. The van der Waals surface area contributed by atoms with Crippen molar-refractivity contribution in [1.82, 2.24) is 9.97 Å². The fourth-order valence-electron chi connectivity index (χ4n) is 4.97. The molecule has 0 spiro atoms. The van der Waals surface area contributed by atoms with Crippen LogP contribution in [0.3, 0.4) is 0 Å². The molecule has 0 atom stereocenters. The summed E-state index contributed by atoms with van der Waals surface area (Å²) in [6.45, 7) is 11.1. The molecule has 1 aliphatic carbocycles. The second-order valence-electron chi connectivity index (χ2n) is 10.4. The largest absolute Gasteiger partial charge is 0.452 e. The Bertz CT molecular complexity index is 1530. The predicted octanol–water partition coefficient (Wildman–Crippen LogP) is 7.65. The summed E-state index contributed by atoms with van der Waals surface area (Å²) in [4.78, 5) is 10.0. The van der Waals surface area contributed by atoms with Gasteiger partial charge in [0.25, 0.3) is 0 Å². The van der Waals surface area contributed by atoms with Gasteiger partial charge in [-0.15, -0.1) is 0 Å². The summed E-state index contributed by atoms with van der Waals surface area (Å²) in [5.74, 6) is 0.828. The van der Waals surface area contributed by atoms with E-state index in [0.29, 0.717) is 0 Å². The van der Waals surface area contributed by atoms with E-state index in [0.717, 1.165) is 39.2 Å². The van der Waals surface area contributed by atoms with Crippen LogP contribution >= 0.6 is 0 Å². The summed E-state index contributed by atoms with van der Waals surface area (Å²) >= 11 is 0. The van der Waals surface area contributed by atoms with Gasteiger partial charge in [-0.05, 0) is 40.5 Å². The van der Waals surface area contributed by atoms with Crippen molar-refractivity contribution < 1.29 is 4.42 Å². The lowest BCUT2D eigenvalue weighted by Gasteiger charge is -2.22. The molecule has 0 N–H and O–H groups in total. The normalized spacial score (nSPS) is 14.7. The molecule has 3 heteroatoms. The molecular weight excluding hydrogens is 392 g/mol. The summed E-state index contributed by atoms with van der Waals surface area (Å²) in [5.41, 5.74) is 9.53. The zero-order valence-corrected chi connectivity index (χ0v) is 19.2. The van der Waals surface area contributed by atoms with Gasteiger partial charge in [-0.25, -0.2) is 9.97 Å². The Balaban J connectivity index is 1.65. The molecule has 5 aromatic rings. The van der Waals surface area contributed by atoms with Crippen molar-refractivity contribution in [2.45, 2.75) is 45.4 Å². The maximum Gasteiger partial charge on any atom is 0.180 e. The van der Waals surface area contributed by atoms with E-state index in [1.54, 1.807) is 0 Å². The lowest BCUT2D eigenvalue weighted by atomic mass is 9.82. The van der Waals surface area contributed by atoms with Gasteiger partial charge in [-0.2, -0.15) is 0 Å². The average Bonchev–Trinajstić information content (AvgIpc) is 3.26. The van der Waals surface area contributed by atoms with Gasteiger partial charge in [0.05, 0.1) is 0 Å². The first-order valence-corrected chi connectivity index (χ1v) is 11.2. The van der Waals surface area contributed by atoms with Crippen LogP contribution < -0.4 is 0 Å². The molecule has 2 heterocycles. The number of para-hydroxylation sites is 1. The molecule has 0 saturated carbocycles. The van der Waals surface area contributed by atoms with E-state index in [1.165, 1.54) is 22.3 Å². The molecule has 2 aromatic heterocycles. The minimum Gasteiger partial charge on any atom is -0.452 e. The Morgan fingerprint density at radius 1 is 0.781 bits per heavy atom. The number of hydrogen-bond donors (Lipinski definition) is 0.